The lowest BCUT2D eigenvalue weighted by Gasteiger charge is -2.13. The van der Waals surface area contributed by atoms with Gasteiger partial charge in [0.05, 0.1) is 54.0 Å². The molecule has 3 rings (SSSR count). The van der Waals surface area contributed by atoms with E-state index in [2.05, 4.69) is 5.32 Å². The largest absolute Gasteiger partial charge is 0.504 e. The highest BCUT2D eigenvalue weighted by atomic mass is 16.5. The van der Waals surface area contributed by atoms with Crippen LogP contribution in [0.3, 0.4) is 0 Å². The maximum atomic E-state index is 12.7. The predicted octanol–water partition coefficient (Wildman–Crippen LogP) is 4.85. The number of nitrogens with one attached hydrogen (secondary N) is 1. The van der Waals surface area contributed by atoms with Gasteiger partial charge in [-0.2, -0.15) is 0 Å². The second-order valence-electron chi connectivity index (χ2n) is 8.08. The van der Waals surface area contributed by atoms with Crippen LogP contribution in [0.2, 0.25) is 0 Å². The molecule has 3 aromatic rings. The number of rotatable bonds is 11. The molecule has 4 N–H and O–H groups in total. The van der Waals surface area contributed by atoms with E-state index in [9.17, 15) is 9.90 Å². The zero-order chi connectivity index (χ0) is 28.5. The highest BCUT2D eigenvalue weighted by molar-refractivity contribution is 6.03. The van der Waals surface area contributed by atoms with Crippen molar-refractivity contribution in [3.8, 4) is 40.2 Å². The van der Waals surface area contributed by atoms with Crippen LogP contribution in [0.1, 0.15) is 16.7 Å². The fourth-order valence-electron chi connectivity index (χ4n) is 3.89. The van der Waals surface area contributed by atoms with E-state index in [1.807, 2.05) is 0 Å². The maximum Gasteiger partial charge on any atom is 0.248 e. The maximum absolute atomic E-state index is 12.7. The van der Waals surface area contributed by atoms with E-state index in [0.717, 1.165) is 5.56 Å². The number of ether oxygens (including phenoxy) is 6. The average Bonchev–Trinajstić information content (AvgIpc) is 2.93. The number of nitrogen functional groups attached to an aromatic ring is 1. The summed E-state index contributed by atoms with van der Waals surface area (Å²) in [6.07, 6.45) is 6.47. The molecule has 0 aliphatic rings. The summed E-state index contributed by atoms with van der Waals surface area (Å²) in [4.78, 5) is 12.7. The second-order valence-corrected chi connectivity index (χ2v) is 8.08. The number of carbonyl (C=O) groups excluding carboxylic acids is 1. The Bertz CT molecular complexity index is 1370. The topological polar surface area (TPSA) is 131 Å². The lowest BCUT2D eigenvalue weighted by Crippen LogP contribution is -2.09. The summed E-state index contributed by atoms with van der Waals surface area (Å²) in [6, 6.07) is 10.1. The van der Waals surface area contributed by atoms with E-state index in [-0.39, 0.29) is 17.2 Å². The van der Waals surface area contributed by atoms with E-state index in [4.69, 9.17) is 34.2 Å². The highest BCUT2D eigenvalue weighted by Crippen LogP contribution is 2.40. The second kappa shape index (κ2) is 13.0. The number of benzene rings is 3. The van der Waals surface area contributed by atoms with Gasteiger partial charge in [0.2, 0.25) is 11.7 Å². The standard InChI is InChI=1S/C29H32N2O8/c1-34-23-14-17(11-20(30)27(23)37-4)9-10-26(33)31-21-12-18(13-22(32)28(21)38-5)7-8-19-15-24(35-2)29(39-6)25(16-19)36-3/h7-16,32H,30H2,1-6H3,(H,31,33)/b8-7?,10-9+. The summed E-state index contributed by atoms with van der Waals surface area (Å²) in [5.74, 6) is 1.87. The molecule has 0 bridgehead atoms. The molecule has 0 saturated heterocycles. The molecular weight excluding hydrogens is 504 g/mol. The van der Waals surface area contributed by atoms with Crippen molar-refractivity contribution in [2.45, 2.75) is 0 Å². The minimum atomic E-state index is -0.452. The molecule has 1 amide bonds. The molecule has 206 valence electrons. The Labute approximate surface area is 227 Å². The van der Waals surface area contributed by atoms with Gasteiger partial charge in [0.1, 0.15) is 0 Å². The van der Waals surface area contributed by atoms with E-state index in [1.165, 1.54) is 54.8 Å². The number of carbonyl (C=O) groups is 1. The Morgan fingerprint density at radius 2 is 1.15 bits per heavy atom. The van der Waals surface area contributed by atoms with Crippen molar-refractivity contribution in [1.29, 1.82) is 0 Å². The molecule has 0 spiro atoms. The number of methoxy groups -OCH3 is 6. The third-order valence-electron chi connectivity index (χ3n) is 5.67. The number of phenolic OH excluding ortho intramolecular Hbond substituents is 1. The van der Waals surface area contributed by atoms with Crippen molar-refractivity contribution in [2.24, 2.45) is 0 Å². The number of nitrogens with two attached hydrogens (primary N) is 1. The van der Waals surface area contributed by atoms with Crippen LogP contribution >= 0.6 is 0 Å². The summed E-state index contributed by atoms with van der Waals surface area (Å²) >= 11 is 0. The van der Waals surface area contributed by atoms with Crippen molar-refractivity contribution < 1.29 is 38.3 Å². The van der Waals surface area contributed by atoms with Gasteiger partial charge in [-0.05, 0) is 59.2 Å². The fraction of sp³-hybridized carbons (Fsp3) is 0.207. The molecule has 10 heteroatoms. The Morgan fingerprint density at radius 1 is 0.667 bits per heavy atom. The van der Waals surface area contributed by atoms with Gasteiger partial charge in [-0.1, -0.05) is 12.2 Å². The SMILES string of the molecule is COc1cc(/C=C/C(=O)Nc2cc(C=Cc3cc(OC)c(OC)c(OC)c3)cc(O)c2OC)cc(N)c1OC. The first-order chi connectivity index (χ1) is 18.8. The average molecular weight is 537 g/mol. The Balaban J connectivity index is 1.87. The third kappa shape index (κ3) is 6.67. The van der Waals surface area contributed by atoms with Gasteiger partial charge in [-0.3, -0.25) is 4.79 Å². The zero-order valence-corrected chi connectivity index (χ0v) is 22.7. The number of amides is 1. The van der Waals surface area contributed by atoms with Gasteiger partial charge in [-0.25, -0.2) is 0 Å². The molecule has 0 aromatic heterocycles. The van der Waals surface area contributed by atoms with Crippen molar-refractivity contribution in [2.75, 3.05) is 53.7 Å². The van der Waals surface area contributed by atoms with Crippen LogP contribution < -0.4 is 39.5 Å². The molecule has 0 atom stereocenters. The first-order valence-electron chi connectivity index (χ1n) is 11.7. The summed E-state index contributed by atoms with van der Waals surface area (Å²) in [6.45, 7) is 0. The van der Waals surface area contributed by atoms with Crippen molar-refractivity contribution in [3.63, 3.8) is 0 Å². The van der Waals surface area contributed by atoms with Gasteiger partial charge in [-0.15, -0.1) is 0 Å². The number of hydrogen-bond donors (Lipinski definition) is 3. The van der Waals surface area contributed by atoms with Gasteiger partial charge < -0.3 is 44.6 Å². The van der Waals surface area contributed by atoms with Crippen LogP contribution in [0.25, 0.3) is 18.2 Å². The first kappa shape index (κ1) is 28.6. The van der Waals surface area contributed by atoms with E-state index < -0.39 is 5.91 Å². The molecule has 0 aliphatic carbocycles. The summed E-state index contributed by atoms with van der Waals surface area (Å²) < 4.78 is 32.0. The first-order valence-corrected chi connectivity index (χ1v) is 11.7. The monoisotopic (exact) mass is 536 g/mol. The van der Waals surface area contributed by atoms with Crippen LogP contribution in [-0.4, -0.2) is 53.7 Å². The van der Waals surface area contributed by atoms with Gasteiger partial charge in [0.25, 0.3) is 0 Å². The molecule has 39 heavy (non-hydrogen) atoms. The normalized spacial score (nSPS) is 10.9. The highest BCUT2D eigenvalue weighted by Gasteiger charge is 2.14. The molecule has 0 heterocycles. The summed E-state index contributed by atoms with van der Waals surface area (Å²) in [5.41, 5.74) is 8.68. The fourth-order valence-corrected chi connectivity index (χ4v) is 3.89. The van der Waals surface area contributed by atoms with E-state index in [1.54, 1.807) is 48.6 Å². The molecule has 10 nitrogen and oxygen atoms in total. The smallest absolute Gasteiger partial charge is 0.248 e. The lowest BCUT2D eigenvalue weighted by molar-refractivity contribution is -0.111. The minimum absolute atomic E-state index is 0.122. The zero-order valence-electron chi connectivity index (χ0n) is 22.7. The van der Waals surface area contributed by atoms with E-state index in [0.29, 0.717) is 45.6 Å². The number of phenols is 1. The van der Waals surface area contributed by atoms with Crippen LogP contribution in [0.5, 0.6) is 40.2 Å². The van der Waals surface area contributed by atoms with Crippen LogP contribution in [0, 0.1) is 0 Å². The Hall–Kier alpha value is -4.99. The van der Waals surface area contributed by atoms with Gasteiger partial charge in [0, 0.05) is 6.08 Å². The number of aromatic hydroxyl groups is 1. The molecule has 0 saturated carbocycles. The number of anilines is 2. The molecule has 0 unspecified atom stereocenters. The lowest BCUT2D eigenvalue weighted by atomic mass is 10.1. The summed E-state index contributed by atoms with van der Waals surface area (Å²) in [5, 5.41) is 13.3. The van der Waals surface area contributed by atoms with E-state index >= 15 is 0 Å². The molecule has 3 aromatic carbocycles. The van der Waals surface area contributed by atoms with Crippen molar-refractivity contribution >= 4 is 35.5 Å². The van der Waals surface area contributed by atoms with Crippen LogP contribution in [0.4, 0.5) is 11.4 Å². The van der Waals surface area contributed by atoms with Gasteiger partial charge >= 0.3 is 0 Å². The third-order valence-corrected chi connectivity index (χ3v) is 5.67. The van der Waals surface area contributed by atoms with Crippen molar-refractivity contribution in [1.82, 2.24) is 0 Å². The molecule has 0 radical (unpaired) electrons. The minimum Gasteiger partial charge on any atom is -0.504 e. The Morgan fingerprint density at radius 3 is 1.67 bits per heavy atom. The number of hydrogen-bond acceptors (Lipinski definition) is 9. The predicted molar refractivity (Wildman–Crippen MR) is 151 cm³/mol. The molecular formula is C29H32N2O8. The van der Waals surface area contributed by atoms with Crippen molar-refractivity contribution in [3.05, 3.63) is 59.2 Å². The van der Waals surface area contributed by atoms with Gasteiger partial charge in [0.15, 0.2) is 34.5 Å². The molecule has 0 aliphatic heterocycles. The van der Waals surface area contributed by atoms with Crippen LogP contribution in [0.15, 0.2) is 42.5 Å². The Kier molecular flexibility index (Phi) is 9.53. The quantitative estimate of drug-likeness (QED) is 0.179. The van der Waals surface area contributed by atoms with Crippen LogP contribution in [-0.2, 0) is 4.79 Å². The molecule has 0 fully saturated rings. The summed E-state index contributed by atoms with van der Waals surface area (Å²) in [7, 11) is 9.00.